The normalized spacial score (nSPS) is 12.9. The molecule has 0 saturated heterocycles. The van der Waals surface area contributed by atoms with E-state index >= 15 is 0 Å². The van der Waals surface area contributed by atoms with Gasteiger partial charge in [0.15, 0.2) is 0 Å². The summed E-state index contributed by atoms with van der Waals surface area (Å²) in [7, 11) is 0. The van der Waals surface area contributed by atoms with E-state index in [4.69, 9.17) is 10.8 Å². The van der Waals surface area contributed by atoms with Crippen LogP contribution in [0.2, 0.25) is 0 Å². The number of aliphatic hydroxyl groups is 1. The zero-order valence-corrected chi connectivity index (χ0v) is 7.54. The highest BCUT2D eigenvalue weighted by Gasteiger charge is 2.02. The number of rotatable bonds is 2. The van der Waals surface area contributed by atoms with Crippen LogP contribution in [0.15, 0.2) is 18.2 Å². The van der Waals surface area contributed by atoms with Gasteiger partial charge < -0.3 is 10.8 Å². The fourth-order valence-electron chi connectivity index (χ4n) is 1.23. The topological polar surface area (TPSA) is 46.2 Å². The number of nitrogens with two attached hydrogens (primary N) is 1. The number of aryl methyl sites for hydroxylation is 1. The molecule has 0 spiro atoms. The first kappa shape index (κ1) is 9.07. The highest BCUT2D eigenvalue weighted by Crippen LogP contribution is 2.15. The van der Waals surface area contributed by atoms with Gasteiger partial charge in [0.2, 0.25) is 0 Å². The molecule has 66 valence electrons. The second kappa shape index (κ2) is 3.59. The lowest BCUT2D eigenvalue weighted by atomic mass is 10.0. The monoisotopic (exact) mass is 165 g/mol. The molecule has 0 fully saturated rings. The maximum absolute atomic E-state index is 9.17. The van der Waals surface area contributed by atoms with Crippen LogP contribution in [0.3, 0.4) is 0 Å². The van der Waals surface area contributed by atoms with Crippen molar-refractivity contribution >= 4 is 5.69 Å². The average molecular weight is 165 g/mol. The highest BCUT2D eigenvalue weighted by atomic mass is 16.3. The van der Waals surface area contributed by atoms with E-state index in [2.05, 4.69) is 0 Å². The number of nitrogen functional groups attached to an aromatic ring is 1. The molecule has 0 amide bonds. The number of benzene rings is 1. The van der Waals surface area contributed by atoms with Gasteiger partial charge in [-0.15, -0.1) is 0 Å². The third-order valence-electron chi connectivity index (χ3n) is 1.81. The smallest absolute Gasteiger partial charge is 0.0553 e. The van der Waals surface area contributed by atoms with E-state index < -0.39 is 0 Å². The van der Waals surface area contributed by atoms with Gasteiger partial charge in [0, 0.05) is 12.1 Å². The highest BCUT2D eigenvalue weighted by molar-refractivity contribution is 5.48. The molecule has 2 heteroatoms. The lowest BCUT2D eigenvalue weighted by Crippen LogP contribution is -2.06. The number of hydrogen-bond donors (Lipinski definition) is 2. The van der Waals surface area contributed by atoms with E-state index in [-0.39, 0.29) is 6.10 Å². The predicted molar refractivity (Wildman–Crippen MR) is 51.0 cm³/mol. The molecule has 1 aromatic rings. The molecule has 0 aliphatic heterocycles. The summed E-state index contributed by atoms with van der Waals surface area (Å²) in [5.74, 6) is 0. The first-order valence-electron chi connectivity index (χ1n) is 4.12. The molecule has 0 aromatic heterocycles. The Labute approximate surface area is 73.0 Å². The summed E-state index contributed by atoms with van der Waals surface area (Å²) in [6.45, 7) is 3.78. The molecule has 1 atom stereocenters. The minimum absolute atomic E-state index is 0.325. The van der Waals surface area contributed by atoms with Crippen molar-refractivity contribution in [2.45, 2.75) is 26.4 Å². The Morgan fingerprint density at radius 3 is 2.75 bits per heavy atom. The molecule has 0 heterocycles. The van der Waals surface area contributed by atoms with Gasteiger partial charge in [-0.2, -0.15) is 0 Å². The summed E-state index contributed by atoms with van der Waals surface area (Å²) in [5, 5.41) is 9.17. The van der Waals surface area contributed by atoms with Gasteiger partial charge >= 0.3 is 0 Å². The van der Waals surface area contributed by atoms with E-state index in [0.29, 0.717) is 6.42 Å². The van der Waals surface area contributed by atoms with Crippen molar-refractivity contribution < 1.29 is 5.11 Å². The Morgan fingerprint density at radius 1 is 1.50 bits per heavy atom. The summed E-state index contributed by atoms with van der Waals surface area (Å²) < 4.78 is 0. The van der Waals surface area contributed by atoms with Crippen LogP contribution in [-0.2, 0) is 6.42 Å². The first-order chi connectivity index (χ1) is 5.59. The van der Waals surface area contributed by atoms with Crippen LogP contribution in [-0.4, -0.2) is 11.2 Å². The van der Waals surface area contributed by atoms with E-state index in [1.54, 1.807) is 6.92 Å². The molecule has 0 saturated carbocycles. The Hall–Kier alpha value is -1.02. The summed E-state index contributed by atoms with van der Waals surface area (Å²) in [6.07, 6.45) is 0.308. The summed E-state index contributed by atoms with van der Waals surface area (Å²) >= 11 is 0. The lowest BCUT2D eigenvalue weighted by molar-refractivity contribution is 0.195. The number of hydrogen-bond acceptors (Lipinski definition) is 2. The molecular weight excluding hydrogens is 150 g/mol. The van der Waals surface area contributed by atoms with E-state index in [1.807, 2.05) is 25.1 Å². The summed E-state index contributed by atoms with van der Waals surface area (Å²) in [5.41, 5.74) is 8.70. The van der Waals surface area contributed by atoms with E-state index in [0.717, 1.165) is 11.3 Å². The van der Waals surface area contributed by atoms with Crippen molar-refractivity contribution in [2.24, 2.45) is 0 Å². The van der Waals surface area contributed by atoms with Crippen LogP contribution in [0.5, 0.6) is 0 Å². The second-order valence-corrected chi connectivity index (χ2v) is 3.26. The Kier molecular flexibility index (Phi) is 2.71. The second-order valence-electron chi connectivity index (χ2n) is 3.26. The van der Waals surface area contributed by atoms with Crippen LogP contribution in [0, 0.1) is 6.92 Å². The third kappa shape index (κ3) is 2.24. The largest absolute Gasteiger partial charge is 0.399 e. The fraction of sp³-hybridized carbons (Fsp3) is 0.400. The molecule has 0 aliphatic rings. The van der Waals surface area contributed by atoms with Gasteiger partial charge in [-0.1, -0.05) is 17.7 Å². The van der Waals surface area contributed by atoms with Crippen LogP contribution in [0.25, 0.3) is 0 Å². The lowest BCUT2D eigenvalue weighted by Gasteiger charge is -2.08. The predicted octanol–water partition coefficient (Wildman–Crippen LogP) is 1.50. The van der Waals surface area contributed by atoms with Gasteiger partial charge in [0.1, 0.15) is 0 Å². The van der Waals surface area contributed by atoms with Gasteiger partial charge in [-0.25, -0.2) is 0 Å². The van der Waals surface area contributed by atoms with Crippen LogP contribution >= 0.6 is 0 Å². The molecule has 1 aromatic carbocycles. The zero-order chi connectivity index (χ0) is 9.14. The summed E-state index contributed by atoms with van der Waals surface area (Å²) in [6, 6.07) is 5.87. The fourth-order valence-corrected chi connectivity index (χ4v) is 1.23. The molecule has 2 nitrogen and oxygen atoms in total. The quantitative estimate of drug-likeness (QED) is 0.652. The van der Waals surface area contributed by atoms with Gasteiger partial charge in [0.25, 0.3) is 0 Å². The van der Waals surface area contributed by atoms with Crippen molar-refractivity contribution in [3.8, 4) is 0 Å². The molecule has 0 bridgehead atoms. The Morgan fingerprint density at radius 2 is 2.17 bits per heavy atom. The van der Waals surface area contributed by atoms with Crippen molar-refractivity contribution in [2.75, 3.05) is 5.73 Å². The maximum Gasteiger partial charge on any atom is 0.0553 e. The van der Waals surface area contributed by atoms with Crippen LogP contribution < -0.4 is 5.73 Å². The molecule has 0 radical (unpaired) electrons. The van der Waals surface area contributed by atoms with E-state index in [9.17, 15) is 0 Å². The van der Waals surface area contributed by atoms with Crippen molar-refractivity contribution in [1.29, 1.82) is 0 Å². The van der Waals surface area contributed by atoms with Gasteiger partial charge in [0.05, 0.1) is 6.10 Å². The third-order valence-corrected chi connectivity index (χ3v) is 1.81. The molecule has 1 rings (SSSR count). The number of aliphatic hydroxyl groups excluding tert-OH is 1. The van der Waals surface area contributed by atoms with Crippen molar-refractivity contribution in [3.05, 3.63) is 29.3 Å². The SMILES string of the molecule is Cc1ccc(N)c(CC(C)O)c1. The number of anilines is 1. The van der Waals surface area contributed by atoms with Gasteiger partial charge in [-0.3, -0.25) is 0 Å². The molecule has 12 heavy (non-hydrogen) atoms. The average Bonchev–Trinajstić information content (AvgIpc) is 1.96. The minimum Gasteiger partial charge on any atom is -0.399 e. The molecule has 0 aliphatic carbocycles. The maximum atomic E-state index is 9.17. The Bertz CT molecular complexity index is 269. The molecule has 3 N–H and O–H groups in total. The minimum atomic E-state index is -0.325. The summed E-state index contributed by atoms with van der Waals surface area (Å²) in [4.78, 5) is 0. The zero-order valence-electron chi connectivity index (χ0n) is 7.54. The molecular formula is C10H15NO. The van der Waals surface area contributed by atoms with Crippen LogP contribution in [0.4, 0.5) is 5.69 Å². The van der Waals surface area contributed by atoms with Crippen LogP contribution in [0.1, 0.15) is 18.1 Å². The molecule has 1 unspecified atom stereocenters. The standard InChI is InChI=1S/C10H15NO/c1-7-3-4-10(11)9(5-7)6-8(2)12/h3-5,8,12H,6,11H2,1-2H3. The van der Waals surface area contributed by atoms with Gasteiger partial charge in [-0.05, 0) is 25.5 Å². The van der Waals surface area contributed by atoms with Crippen molar-refractivity contribution in [3.63, 3.8) is 0 Å². The Balaban J connectivity index is 2.90. The first-order valence-corrected chi connectivity index (χ1v) is 4.12. The van der Waals surface area contributed by atoms with E-state index in [1.165, 1.54) is 5.56 Å². The van der Waals surface area contributed by atoms with Crippen molar-refractivity contribution in [1.82, 2.24) is 0 Å².